The minimum absolute atomic E-state index is 0.296. The second kappa shape index (κ2) is 3.42. The molecular weight excluding hydrogens is 160 g/mol. The first-order valence-corrected chi connectivity index (χ1v) is 5.22. The van der Waals surface area contributed by atoms with Crippen LogP contribution in [0.15, 0.2) is 0 Å². The molecule has 1 unspecified atom stereocenters. The van der Waals surface area contributed by atoms with Crippen molar-refractivity contribution in [3.63, 3.8) is 0 Å². The Morgan fingerprint density at radius 1 is 1.56 bits per heavy atom. The fourth-order valence-corrected chi connectivity index (χ4v) is 1.37. The molecule has 0 aliphatic heterocycles. The number of halogens is 1. The van der Waals surface area contributed by atoms with E-state index in [4.69, 9.17) is 11.6 Å². The highest BCUT2D eigenvalue weighted by Crippen LogP contribution is 2.03. The van der Waals surface area contributed by atoms with Crippen LogP contribution in [0.5, 0.6) is 0 Å². The average molecular weight is 171 g/mol. The molecule has 56 valence electrons. The Bertz CT molecular complexity index is 162. The van der Waals surface area contributed by atoms with E-state index < -0.39 is 9.84 Å². The zero-order valence-corrected chi connectivity index (χ0v) is 7.17. The molecular formula is C5H11ClO2S. The maximum Gasteiger partial charge on any atom is 0.150 e. The van der Waals surface area contributed by atoms with Gasteiger partial charge >= 0.3 is 0 Å². The van der Waals surface area contributed by atoms with Crippen LogP contribution >= 0.6 is 11.6 Å². The van der Waals surface area contributed by atoms with E-state index in [0.717, 1.165) is 0 Å². The van der Waals surface area contributed by atoms with Crippen molar-refractivity contribution in [2.75, 3.05) is 12.1 Å². The molecule has 2 nitrogen and oxygen atoms in total. The smallest absolute Gasteiger partial charge is 0.150 e. The first kappa shape index (κ1) is 9.24. The fraction of sp³-hybridized carbons (Fsp3) is 1.00. The van der Waals surface area contributed by atoms with Gasteiger partial charge in [-0.3, -0.25) is 0 Å². The summed E-state index contributed by atoms with van der Waals surface area (Å²) < 4.78 is 21.3. The maximum atomic E-state index is 10.7. The van der Waals surface area contributed by atoms with Crippen LogP contribution in [0, 0.1) is 0 Å². The number of hydrogen-bond acceptors (Lipinski definition) is 2. The fourth-order valence-electron chi connectivity index (χ4n) is 0.368. The van der Waals surface area contributed by atoms with Crippen molar-refractivity contribution < 1.29 is 8.42 Å². The summed E-state index contributed by atoms with van der Waals surface area (Å²) in [4.78, 5) is 0. The standard InChI is InChI=1S/C5H11ClO2S/c1-5(3-4-6)9(2,7)8/h5H,3-4H2,1-2H3. The molecule has 0 amide bonds. The SMILES string of the molecule is CC(CCCl)S(C)(=O)=O. The number of sulfone groups is 1. The van der Waals surface area contributed by atoms with E-state index in [9.17, 15) is 8.42 Å². The third-order valence-electron chi connectivity index (χ3n) is 1.25. The first-order chi connectivity index (χ1) is 3.98. The summed E-state index contributed by atoms with van der Waals surface area (Å²) in [5.74, 6) is 0.411. The molecule has 0 saturated heterocycles. The molecule has 9 heavy (non-hydrogen) atoms. The highest BCUT2D eigenvalue weighted by Gasteiger charge is 2.12. The topological polar surface area (TPSA) is 34.1 Å². The molecule has 0 aromatic heterocycles. The summed E-state index contributed by atoms with van der Waals surface area (Å²) in [5.41, 5.74) is 0. The van der Waals surface area contributed by atoms with Gasteiger partial charge in [0.15, 0.2) is 0 Å². The molecule has 0 saturated carbocycles. The molecule has 0 fully saturated rings. The summed E-state index contributed by atoms with van der Waals surface area (Å²) in [7, 11) is -2.85. The van der Waals surface area contributed by atoms with Gasteiger partial charge in [-0.15, -0.1) is 11.6 Å². The largest absolute Gasteiger partial charge is 0.229 e. The molecule has 0 bridgehead atoms. The Kier molecular flexibility index (Phi) is 3.51. The van der Waals surface area contributed by atoms with Crippen LogP contribution in [0.2, 0.25) is 0 Å². The Balaban J connectivity index is 3.90. The van der Waals surface area contributed by atoms with E-state index in [1.807, 2.05) is 0 Å². The van der Waals surface area contributed by atoms with Crippen LogP contribution in [-0.2, 0) is 9.84 Å². The van der Waals surface area contributed by atoms with Gasteiger partial charge in [-0.05, 0) is 13.3 Å². The maximum absolute atomic E-state index is 10.7. The van der Waals surface area contributed by atoms with Crippen molar-refractivity contribution in [2.24, 2.45) is 0 Å². The number of rotatable bonds is 3. The molecule has 0 aromatic carbocycles. The first-order valence-electron chi connectivity index (χ1n) is 2.73. The number of hydrogen-bond donors (Lipinski definition) is 0. The van der Waals surface area contributed by atoms with Crippen molar-refractivity contribution in [2.45, 2.75) is 18.6 Å². The molecule has 0 N–H and O–H groups in total. The second-order valence-corrected chi connectivity index (χ2v) is 4.96. The van der Waals surface area contributed by atoms with Crippen LogP contribution < -0.4 is 0 Å². The Labute approximate surface area is 61.1 Å². The normalized spacial score (nSPS) is 15.4. The summed E-state index contributed by atoms with van der Waals surface area (Å²) >= 11 is 5.34. The molecule has 0 spiro atoms. The van der Waals surface area contributed by atoms with E-state index in [-0.39, 0.29) is 5.25 Å². The number of alkyl halides is 1. The van der Waals surface area contributed by atoms with Crippen LogP contribution in [0.3, 0.4) is 0 Å². The van der Waals surface area contributed by atoms with Gasteiger partial charge in [0.25, 0.3) is 0 Å². The van der Waals surface area contributed by atoms with Gasteiger partial charge < -0.3 is 0 Å². The predicted octanol–water partition coefficient (Wildman–Crippen LogP) is 1.05. The van der Waals surface area contributed by atoms with Gasteiger partial charge in [-0.2, -0.15) is 0 Å². The van der Waals surface area contributed by atoms with Crippen molar-refractivity contribution in [3.8, 4) is 0 Å². The van der Waals surface area contributed by atoms with Gasteiger partial charge in [0, 0.05) is 12.1 Å². The molecule has 0 aliphatic rings. The summed E-state index contributed by atoms with van der Waals surface area (Å²) in [6, 6.07) is 0. The Hall–Kier alpha value is 0.240. The molecule has 0 aromatic rings. The minimum atomic E-state index is -2.85. The van der Waals surface area contributed by atoms with Crippen LogP contribution in [0.25, 0.3) is 0 Å². The average Bonchev–Trinajstić information content (AvgIpc) is 1.64. The highest BCUT2D eigenvalue weighted by atomic mass is 35.5. The minimum Gasteiger partial charge on any atom is -0.229 e. The van der Waals surface area contributed by atoms with E-state index in [0.29, 0.717) is 12.3 Å². The van der Waals surface area contributed by atoms with Crippen molar-refractivity contribution in [1.82, 2.24) is 0 Å². The molecule has 0 rings (SSSR count). The van der Waals surface area contributed by atoms with Gasteiger partial charge in [-0.25, -0.2) is 8.42 Å². The third-order valence-corrected chi connectivity index (χ3v) is 3.16. The van der Waals surface area contributed by atoms with Crippen LogP contribution in [-0.4, -0.2) is 25.8 Å². The van der Waals surface area contributed by atoms with Gasteiger partial charge in [0.05, 0.1) is 5.25 Å². The van der Waals surface area contributed by atoms with Gasteiger partial charge in [0.2, 0.25) is 0 Å². The monoisotopic (exact) mass is 170 g/mol. The summed E-state index contributed by atoms with van der Waals surface area (Å²) in [5, 5.41) is -0.296. The van der Waals surface area contributed by atoms with E-state index in [1.165, 1.54) is 6.26 Å². The predicted molar refractivity (Wildman–Crippen MR) is 39.6 cm³/mol. The molecule has 0 radical (unpaired) electrons. The van der Waals surface area contributed by atoms with Crippen molar-refractivity contribution in [1.29, 1.82) is 0 Å². The molecule has 0 aliphatic carbocycles. The van der Waals surface area contributed by atoms with Gasteiger partial charge in [-0.1, -0.05) is 0 Å². The summed E-state index contributed by atoms with van der Waals surface area (Å²) in [6.07, 6.45) is 1.77. The van der Waals surface area contributed by atoms with Crippen molar-refractivity contribution in [3.05, 3.63) is 0 Å². The van der Waals surface area contributed by atoms with E-state index >= 15 is 0 Å². The lowest BCUT2D eigenvalue weighted by atomic mass is 10.4. The Morgan fingerprint density at radius 3 is 2.11 bits per heavy atom. The highest BCUT2D eigenvalue weighted by molar-refractivity contribution is 7.91. The Morgan fingerprint density at radius 2 is 2.00 bits per heavy atom. The lowest BCUT2D eigenvalue weighted by Gasteiger charge is -2.04. The van der Waals surface area contributed by atoms with Crippen LogP contribution in [0.4, 0.5) is 0 Å². The lowest BCUT2D eigenvalue weighted by Crippen LogP contribution is -2.15. The molecule has 1 atom stereocenters. The second-order valence-electron chi connectivity index (χ2n) is 2.12. The quantitative estimate of drug-likeness (QED) is 0.594. The summed E-state index contributed by atoms with van der Waals surface area (Å²) in [6.45, 7) is 1.66. The zero-order chi connectivity index (χ0) is 7.49. The zero-order valence-electron chi connectivity index (χ0n) is 5.59. The molecule has 4 heteroatoms. The van der Waals surface area contributed by atoms with Crippen LogP contribution in [0.1, 0.15) is 13.3 Å². The third kappa shape index (κ3) is 3.76. The van der Waals surface area contributed by atoms with E-state index in [2.05, 4.69) is 0 Å². The van der Waals surface area contributed by atoms with Crippen molar-refractivity contribution >= 4 is 21.4 Å². The molecule has 0 heterocycles. The van der Waals surface area contributed by atoms with Gasteiger partial charge in [0.1, 0.15) is 9.84 Å². The van der Waals surface area contributed by atoms with E-state index in [1.54, 1.807) is 6.92 Å². The lowest BCUT2D eigenvalue weighted by molar-refractivity contribution is 0.587.